The van der Waals surface area contributed by atoms with Crippen molar-refractivity contribution in [1.29, 1.82) is 0 Å². The van der Waals surface area contributed by atoms with E-state index >= 15 is 0 Å². The van der Waals surface area contributed by atoms with Gasteiger partial charge in [-0.15, -0.1) is 0 Å². The number of likely N-dealkylation sites (N-methyl/N-ethyl adjacent to an activating group) is 1. The Hall–Kier alpha value is -2.14. The number of hydrogen-bond donors (Lipinski definition) is 2. The Morgan fingerprint density at radius 1 is 1.35 bits per heavy atom. The van der Waals surface area contributed by atoms with Gasteiger partial charge in [0.2, 0.25) is 0 Å². The van der Waals surface area contributed by atoms with E-state index in [9.17, 15) is 4.79 Å². The van der Waals surface area contributed by atoms with Crippen molar-refractivity contribution in [3.8, 4) is 0 Å². The van der Waals surface area contributed by atoms with Crippen LogP contribution in [0.4, 0.5) is 5.82 Å². The van der Waals surface area contributed by atoms with Crippen molar-refractivity contribution in [3.05, 3.63) is 35.9 Å². The predicted molar refractivity (Wildman–Crippen MR) is 80.3 cm³/mol. The lowest BCUT2D eigenvalue weighted by molar-refractivity contribution is 0.0699. The molecule has 0 radical (unpaired) electrons. The first-order chi connectivity index (χ1) is 9.49. The number of hydrogen-bond acceptors (Lipinski definition) is 4. The number of pyridine rings is 1. The third-order valence-electron chi connectivity index (χ3n) is 3.42. The van der Waals surface area contributed by atoms with Crippen LogP contribution >= 0.6 is 0 Å². The summed E-state index contributed by atoms with van der Waals surface area (Å²) >= 11 is 0. The number of fused-ring (bicyclic) bond motifs is 1. The van der Waals surface area contributed by atoms with E-state index in [0.29, 0.717) is 16.9 Å². The van der Waals surface area contributed by atoms with Gasteiger partial charge in [-0.1, -0.05) is 6.07 Å². The Balaban J connectivity index is 2.24. The number of aromatic carboxylic acids is 1. The van der Waals surface area contributed by atoms with Gasteiger partial charge >= 0.3 is 5.97 Å². The number of rotatable bonds is 5. The Morgan fingerprint density at radius 3 is 2.75 bits per heavy atom. The normalized spacial score (nSPS) is 12.6. The van der Waals surface area contributed by atoms with Crippen molar-refractivity contribution >= 4 is 22.7 Å². The molecule has 0 spiro atoms. The molecule has 106 valence electrons. The highest BCUT2D eigenvalue weighted by Crippen LogP contribution is 2.19. The highest BCUT2D eigenvalue weighted by atomic mass is 16.4. The van der Waals surface area contributed by atoms with E-state index in [4.69, 9.17) is 5.11 Å². The number of nitrogens with one attached hydrogen (secondary N) is 1. The predicted octanol–water partition coefficient (Wildman–Crippen LogP) is 2.29. The quantitative estimate of drug-likeness (QED) is 0.875. The Morgan fingerprint density at radius 2 is 2.10 bits per heavy atom. The maximum Gasteiger partial charge on any atom is 0.336 e. The van der Waals surface area contributed by atoms with Crippen LogP contribution in [0.5, 0.6) is 0 Å². The van der Waals surface area contributed by atoms with Crippen molar-refractivity contribution in [2.75, 3.05) is 26.0 Å². The van der Waals surface area contributed by atoms with Crippen LogP contribution in [0.2, 0.25) is 0 Å². The largest absolute Gasteiger partial charge is 0.478 e. The maximum atomic E-state index is 11.1. The molecule has 20 heavy (non-hydrogen) atoms. The number of carboxylic acids is 1. The fourth-order valence-corrected chi connectivity index (χ4v) is 1.87. The molecule has 1 unspecified atom stereocenters. The topological polar surface area (TPSA) is 65.5 Å². The molecule has 0 saturated carbocycles. The lowest BCUT2D eigenvalue weighted by Gasteiger charge is -2.20. The van der Waals surface area contributed by atoms with E-state index in [1.807, 2.05) is 26.2 Å². The summed E-state index contributed by atoms with van der Waals surface area (Å²) in [6, 6.07) is 9.13. The summed E-state index contributed by atoms with van der Waals surface area (Å²) in [5.41, 5.74) is 0.968. The zero-order valence-corrected chi connectivity index (χ0v) is 11.9. The number of aromatic nitrogens is 1. The van der Waals surface area contributed by atoms with Crippen LogP contribution < -0.4 is 5.32 Å². The van der Waals surface area contributed by atoms with Gasteiger partial charge in [0.25, 0.3) is 0 Å². The first-order valence-corrected chi connectivity index (χ1v) is 6.52. The zero-order valence-electron chi connectivity index (χ0n) is 11.9. The zero-order chi connectivity index (χ0) is 14.7. The standard InChI is InChI=1S/C15H19N3O2/c1-10(18(2)3)9-16-14-8-7-11-12(15(19)20)5-4-6-13(11)17-14/h4-8,10H,9H2,1-3H3,(H,16,17)(H,19,20). The van der Waals surface area contributed by atoms with Gasteiger partial charge in [-0.25, -0.2) is 9.78 Å². The summed E-state index contributed by atoms with van der Waals surface area (Å²) in [6.07, 6.45) is 0. The minimum absolute atomic E-state index is 0.281. The minimum Gasteiger partial charge on any atom is -0.478 e. The van der Waals surface area contributed by atoms with Crippen molar-refractivity contribution < 1.29 is 9.90 Å². The third kappa shape index (κ3) is 3.05. The number of anilines is 1. The SMILES string of the molecule is CC(CNc1ccc2c(C(=O)O)cccc2n1)N(C)C. The molecule has 0 aliphatic rings. The molecular formula is C15H19N3O2. The number of benzene rings is 1. The van der Waals surface area contributed by atoms with Crippen LogP contribution in [0.1, 0.15) is 17.3 Å². The molecule has 0 aliphatic heterocycles. The second kappa shape index (κ2) is 5.88. The Bertz CT molecular complexity index is 626. The first-order valence-electron chi connectivity index (χ1n) is 6.52. The molecule has 5 heteroatoms. The van der Waals surface area contributed by atoms with Crippen LogP contribution in [-0.2, 0) is 0 Å². The summed E-state index contributed by atoms with van der Waals surface area (Å²) in [5, 5.41) is 13.1. The second-order valence-corrected chi connectivity index (χ2v) is 5.07. The van der Waals surface area contributed by atoms with Crippen LogP contribution in [0.25, 0.3) is 10.9 Å². The summed E-state index contributed by atoms with van der Waals surface area (Å²) in [7, 11) is 4.05. The summed E-state index contributed by atoms with van der Waals surface area (Å²) in [6.45, 7) is 2.90. The smallest absolute Gasteiger partial charge is 0.336 e. The van der Waals surface area contributed by atoms with Gasteiger partial charge in [-0.3, -0.25) is 0 Å². The average molecular weight is 273 g/mol. The van der Waals surface area contributed by atoms with E-state index in [-0.39, 0.29) is 5.56 Å². The van der Waals surface area contributed by atoms with E-state index in [1.54, 1.807) is 18.2 Å². The molecule has 2 N–H and O–H groups in total. The van der Waals surface area contributed by atoms with Crippen LogP contribution in [0.15, 0.2) is 30.3 Å². The molecule has 1 heterocycles. The van der Waals surface area contributed by atoms with Gasteiger partial charge in [0.15, 0.2) is 0 Å². The van der Waals surface area contributed by atoms with Gasteiger partial charge < -0.3 is 15.3 Å². The van der Waals surface area contributed by atoms with Crippen LogP contribution in [0.3, 0.4) is 0 Å². The lowest BCUT2D eigenvalue weighted by atomic mass is 10.1. The molecule has 0 saturated heterocycles. The van der Waals surface area contributed by atoms with Crippen LogP contribution in [0, 0.1) is 0 Å². The third-order valence-corrected chi connectivity index (χ3v) is 3.42. The first kappa shape index (κ1) is 14.3. The van der Waals surface area contributed by atoms with E-state index < -0.39 is 5.97 Å². The van der Waals surface area contributed by atoms with Crippen molar-refractivity contribution in [1.82, 2.24) is 9.88 Å². The van der Waals surface area contributed by atoms with Crippen molar-refractivity contribution in [2.45, 2.75) is 13.0 Å². The molecular weight excluding hydrogens is 254 g/mol. The van der Waals surface area contributed by atoms with E-state index in [2.05, 4.69) is 22.1 Å². The van der Waals surface area contributed by atoms with E-state index in [1.165, 1.54) is 0 Å². The van der Waals surface area contributed by atoms with Crippen LogP contribution in [-0.4, -0.2) is 47.6 Å². The lowest BCUT2D eigenvalue weighted by Crippen LogP contribution is -2.31. The number of carbonyl (C=O) groups is 1. The average Bonchev–Trinajstić information content (AvgIpc) is 2.43. The van der Waals surface area contributed by atoms with Gasteiger partial charge in [0, 0.05) is 18.0 Å². The Kier molecular flexibility index (Phi) is 4.20. The van der Waals surface area contributed by atoms with E-state index in [0.717, 1.165) is 12.4 Å². The summed E-state index contributed by atoms with van der Waals surface area (Å²) in [5.74, 6) is -0.173. The highest BCUT2D eigenvalue weighted by molar-refractivity contribution is 6.02. The number of nitrogens with zero attached hydrogens (tertiary/aromatic N) is 2. The monoisotopic (exact) mass is 273 g/mol. The second-order valence-electron chi connectivity index (χ2n) is 5.07. The molecule has 2 rings (SSSR count). The molecule has 0 bridgehead atoms. The number of carboxylic acid groups (broad SMARTS) is 1. The molecule has 1 aromatic carbocycles. The Labute approximate surface area is 118 Å². The fourth-order valence-electron chi connectivity index (χ4n) is 1.87. The summed E-state index contributed by atoms with van der Waals surface area (Å²) < 4.78 is 0. The van der Waals surface area contributed by atoms with Gasteiger partial charge in [0.1, 0.15) is 5.82 Å². The molecule has 1 aromatic heterocycles. The minimum atomic E-state index is -0.931. The van der Waals surface area contributed by atoms with Gasteiger partial charge in [0.05, 0.1) is 11.1 Å². The van der Waals surface area contributed by atoms with Gasteiger partial charge in [-0.2, -0.15) is 0 Å². The molecule has 0 amide bonds. The molecule has 2 aromatic rings. The molecule has 5 nitrogen and oxygen atoms in total. The van der Waals surface area contributed by atoms with Crippen molar-refractivity contribution in [2.24, 2.45) is 0 Å². The van der Waals surface area contributed by atoms with Crippen molar-refractivity contribution in [3.63, 3.8) is 0 Å². The summed E-state index contributed by atoms with van der Waals surface area (Å²) in [4.78, 5) is 17.7. The molecule has 0 aliphatic carbocycles. The van der Waals surface area contributed by atoms with Gasteiger partial charge in [-0.05, 0) is 45.3 Å². The maximum absolute atomic E-state index is 11.1. The fraction of sp³-hybridized carbons (Fsp3) is 0.333. The molecule has 0 fully saturated rings. The highest BCUT2D eigenvalue weighted by Gasteiger charge is 2.09. The molecule has 1 atom stereocenters.